The summed E-state index contributed by atoms with van der Waals surface area (Å²) < 4.78 is 5.06. The molecule has 1 atom stereocenters. The molecule has 1 aromatic rings. The van der Waals surface area contributed by atoms with Gasteiger partial charge in [0.15, 0.2) is 12.2 Å². The molecule has 3 nitrogen and oxygen atoms in total. The van der Waals surface area contributed by atoms with Crippen LogP contribution < -0.4 is 0 Å². The minimum atomic E-state index is -0.474. The number of aliphatic hydroxyl groups excluding tert-OH is 1. The molecule has 0 aliphatic heterocycles. The van der Waals surface area contributed by atoms with Crippen LogP contribution in [0.4, 0.5) is 0 Å². The summed E-state index contributed by atoms with van der Waals surface area (Å²) in [7, 11) is 0. The first-order valence-electron chi connectivity index (χ1n) is 6.91. The summed E-state index contributed by atoms with van der Waals surface area (Å²) in [4.78, 5) is 3.80. The molecule has 0 saturated heterocycles. The first-order chi connectivity index (χ1) is 8.34. The third-order valence-electron chi connectivity index (χ3n) is 3.11. The van der Waals surface area contributed by atoms with E-state index in [0.717, 1.165) is 12.8 Å². The quantitative estimate of drug-likeness (QED) is 0.621. The maximum absolute atomic E-state index is 9.75. The van der Waals surface area contributed by atoms with E-state index in [9.17, 15) is 5.11 Å². The lowest BCUT2D eigenvalue weighted by atomic mass is 10.1. The van der Waals surface area contributed by atoms with Crippen LogP contribution in [0.1, 0.15) is 76.6 Å². The number of aromatic nitrogens is 1. The molecule has 1 aromatic heterocycles. The molecule has 1 unspecified atom stereocenters. The molecule has 0 aromatic carbocycles. The van der Waals surface area contributed by atoms with Gasteiger partial charge >= 0.3 is 0 Å². The van der Waals surface area contributed by atoms with Crippen LogP contribution in [0.5, 0.6) is 0 Å². The Hall–Kier alpha value is -0.830. The normalized spacial score (nSPS) is 12.8. The molecule has 3 heteroatoms. The molecule has 0 spiro atoms. The first-order valence-corrected chi connectivity index (χ1v) is 6.91. The van der Waals surface area contributed by atoms with E-state index in [1.54, 1.807) is 6.20 Å². The fraction of sp³-hybridized carbons (Fsp3) is 0.786. The highest BCUT2D eigenvalue weighted by Crippen LogP contribution is 2.19. The number of unbranched alkanes of at least 4 members (excludes halogenated alkanes) is 7. The Balaban J connectivity index is 1.90. The second-order valence-corrected chi connectivity index (χ2v) is 4.68. The molecular formula is C14H25NO2. The topological polar surface area (TPSA) is 46.3 Å². The average Bonchev–Trinajstić information content (AvgIpc) is 2.86. The average molecular weight is 239 g/mol. The van der Waals surface area contributed by atoms with Crippen LogP contribution in [0.2, 0.25) is 0 Å². The van der Waals surface area contributed by atoms with Crippen molar-refractivity contribution < 1.29 is 9.52 Å². The van der Waals surface area contributed by atoms with Crippen LogP contribution in [0.3, 0.4) is 0 Å². The van der Waals surface area contributed by atoms with E-state index in [1.807, 2.05) is 0 Å². The van der Waals surface area contributed by atoms with Crippen molar-refractivity contribution in [1.82, 2.24) is 4.98 Å². The lowest BCUT2D eigenvalue weighted by Gasteiger charge is -2.06. The van der Waals surface area contributed by atoms with E-state index < -0.39 is 6.10 Å². The van der Waals surface area contributed by atoms with Gasteiger partial charge in [0.1, 0.15) is 6.10 Å². The summed E-state index contributed by atoms with van der Waals surface area (Å²) in [6.45, 7) is 2.24. The smallest absolute Gasteiger partial charge is 0.180 e. The van der Waals surface area contributed by atoms with Crippen molar-refractivity contribution in [3.8, 4) is 0 Å². The minimum absolute atomic E-state index is 0.474. The second-order valence-electron chi connectivity index (χ2n) is 4.68. The van der Waals surface area contributed by atoms with E-state index in [1.165, 1.54) is 51.3 Å². The monoisotopic (exact) mass is 239 g/mol. The molecule has 1 N–H and O–H groups in total. The van der Waals surface area contributed by atoms with Crippen molar-refractivity contribution in [2.75, 3.05) is 0 Å². The van der Waals surface area contributed by atoms with Crippen molar-refractivity contribution >= 4 is 0 Å². The summed E-state index contributed by atoms with van der Waals surface area (Å²) in [6.07, 6.45) is 13.6. The highest BCUT2D eigenvalue weighted by Gasteiger charge is 2.09. The number of aliphatic hydroxyl groups is 1. The maximum atomic E-state index is 9.75. The Morgan fingerprint density at radius 3 is 2.35 bits per heavy atom. The third-order valence-corrected chi connectivity index (χ3v) is 3.11. The highest BCUT2D eigenvalue weighted by molar-refractivity contribution is 4.92. The van der Waals surface area contributed by atoms with E-state index >= 15 is 0 Å². The lowest BCUT2D eigenvalue weighted by Crippen LogP contribution is -1.95. The van der Waals surface area contributed by atoms with Crippen LogP contribution in [0.15, 0.2) is 17.0 Å². The van der Waals surface area contributed by atoms with Crippen molar-refractivity contribution in [2.45, 2.75) is 70.8 Å². The predicted molar refractivity (Wildman–Crippen MR) is 68.7 cm³/mol. The second kappa shape index (κ2) is 9.23. The molecule has 0 aliphatic carbocycles. The molecule has 0 radical (unpaired) electrons. The van der Waals surface area contributed by atoms with Gasteiger partial charge < -0.3 is 9.52 Å². The molecule has 98 valence electrons. The number of rotatable bonds is 10. The molecular weight excluding hydrogens is 214 g/mol. The fourth-order valence-electron chi connectivity index (χ4n) is 2.00. The number of nitrogens with zero attached hydrogens (tertiary/aromatic N) is 1. The van der Waals surface area contributed by atoms with Gasteiger partial charge in [0.05, 0.1) is 6.20 Å². The third kappa shape index (κ3) is 6.47. The first kappa shape index (κ1) is 14.2. The van der Waals surface area contributed by atoms with E-state index in [4.69, 9.17) is 4.42 Å². The molecule has 1 heterocycles. The SMILES string of the molecule is CCCCCCCCCCC(O)c1cnco1. The minimum Gasteiger partial charge on any atom is -0.446 e. The molecule has 0 aliphatic rings. The Morgan fingerprint density at radius 2 is 1.76 bits per heavy atom. The van der Waals surface area contributed by atoms with Gasteiger partial charge in [-0.15, -0.1) is 0 Å². The zero-order valence-electron chi connectivity index (χ0n) is 10.9. The fourth-order valence-corrected chi connectivity index (χ4v) is 2.00. The number of oxazole rings is 1. The standard InChI is InChI=1S/C14H25NO2/c1-2-3-4-5-6-7-8-9-10-13(16)14-11-15-12-17-14/h11-13,16H,2-10H2,1H3. The zero-order chi connectivity index (χ0) is 12.3. The van der Waals surface area contributed by atoms with E-state index in [-0.39, 0.29) is 0 Å². The van der Waals surface area contributed by atoms with Gasteiger partial charge in [-0.05, 0) is 6.42 Å². The Bertz CT molecular complexity index is 259. The van der Waals surface area contributed by atoms with Crippen LogP contribution in [0.25, 0.3) is 0 Å². The number of hydrogen-bond acceptors (Lipinski definition) is 3. The van der Waals surface area contributed by atoms with Gasteiger partial charge in [-0.1, -0.05) is 58.3 Å². The zero-order valence-corrected chi connectivity index (χ0v) is 10.9. The van der Waals surface area contributed by atoms with E-state index in [0.29, 0.717) is 5.76 Å². The van der Waals surface area contributed by atoms with Crippen LogP contribution in [0, 0.1) is 0 Å². The van der Waals surface area contributed by atoms with Gasteiger partial charge in [-0.3, -0.25) is 0 Å². The van der Waals surface area contributed by atoms with Crippen molar-refractivity contribution in [2.24, 2.45) is 0 Å². The molecule has 0 amide bonds. The molecule has 1 rings (SSSR count). The largest absolute Gasteiger partial charge is 0.446 e. The molecule has 0 bridgehead atoms. The molecule has 17 heavy (non-hydrogen) atoms. The van der Waals surface area contributed by atoms with Gasteiger partial charge in [0.25, 0.3) is 0 Å². The maximum Gasteiger partial charge on any atom is 0.180 e. The van der Waals surface area contributed by atoms with Crippen LogP contribution >= 0.6 is 0 Å². The summed E-state index contributed by atoms with van der Waals surface area (Å²) in [5.41, 5.74) is 0. The van der Waals surface area contributed by atoms with Gasteiger partial charge in [-0.2, -0.15) is 0 Å². The van der Waals surface area contributed by atoms with Crippen molar-refractivity contribution in [1.29, 1.82) is 0 Å². The summed E-state index contributed by atoms with van der Waals surface area (Å²) in [5, 5.41) is 9.75. The summed E-state index contributed by atoms with van der Waals surface area (Å²) in [6, 6.07) is 0. The van der Waals surface area contributed by atoms with Gasteiger partial charge in [0, 0.05) is 0 Å². The molecule has 0 fully saturated rings. The van der Waals surface area contributed by atoms with Crippen molar-refractivity contribution in [3.05, 3.63) is 18.4 Å². The summed E-state index contributed by atoms with van der Waals surface area (Å²) in [5.74, 6) is 0.591. The van der Waals surface area contributed by atoms with Crippen molar-refractivity contribution in [3.63, 3.8) is 0 Å². The van der Waals surface area contributed by atoms with Gasteiger partial charge in [0.2, 0.25) is 0 Å². The van der Waals surface area contributed by atoms with Crippen LogP contribution in [-0.2, 0) is 0 Å². The Labute approximate surface area is 104 Å². The highest BCUT2D eigenvalue weighted by atomic mass is 16.4. The van der Waals surface area contributed by atoms with Crippen LogP contribution in [-0.4, -0.2) is 10.1 Å². The van der Waals surface area contributed by atoms with Gasteiger partial charge in [-0.25, -0.2) is 4.98 Å². The van der Waals surface area contributed by atoms with E-state index in [2.05, 4.69) is 11.9 Å². The lowest BCUT2D eigenvalue weighted by molar-refractivity contribution is 0.136. The summed E-state index contributed by atoms with van der Waals surface area (Å²) >= 11 is 0. The number of hydrogen-bond donors (Lipinski definition) is 1. The Kier molecular flexibility index (Phi) is 7.72. The Morgan fingerprint density at radius 1 is 1.12 bits per heavy atom. The predicted octanol–water partition coefficient (Wildman–Crippen LogP) is 4.24. The molecule has 0 saturated carbocycles.